The normalized spacial score (nSPS) is 26.4. The van der Waals surface area contributed by atoms with Crippen molar-refractivity contribution in [2.45, 2.75) is 51.9 Å². The molecule has 2 nitrogen and oxygen atoms in total. The predicted molar refractivity (Wildman–Crippen MR) is 85.1 cm³/mol. The highest BCUT2D eigenvalue weighted by atomic mass is 16.5. The first-order valence-electron chi connectivity index (χ1n) is 8.21. The van der Waals surface area contributed by atoms with Gasteiger partial charge in [-0.05, 0) is 61.3 Å². The summed E-state index contributed by atoms with van der Waals surface area (Å²) in [5.74, 6) is 3.15. The minimum atomic E-state index is 0.638. The molecule has 1 fully saturated rings. The van der Waals surface area contributed by atoms with Gasteiger partial charge >= 0.3 is 0 Å². The lowest BCUT2D eigenvalue weighted by atomic mass is 9.70. The van der Waals surface area contributed by atoms with E-state index in [4.69, 9.17) is 10.5 Å². The Labute approximate surface area is 123 Å². The molecule has 0 amide bonds. The van der Waals surface area contributed by atoms with Gasteiger partial charge in [0.15, 0.2) is 0 Å². The Kier molecular flexibility index (Phi) is 5.90. The standard InChI is InChI=1S/C18H29NO/c1-3-11-20-17-9-7-15(8-10-17)18-12-14(4-2)5-6-16(18)13-19/h7-10,14,16,18H,3-6,11-13,19H2,1-2H3. The van der Waals surface area contributed by atoms with Crippen LogP contribution in [0.2, 0.25) is 0 Å². The summed E-state index contributed by atoms with van der Waals surface area (Å²) in [7, 11) is 0. The highest BCUT2D eigenvalue weighted by molar-refractivity contribution is 5.30. The first kappa shape index (κ1) is 15.4. The molecule has 1 aromatic carbocycles. The summed E-state index contributed by atoms with van der Waals surface area (Å²) >= 11 is 0. The summed E-state index contributed by atoms with van der Waals surface area (Å²) in [5.41, 5.74) is 7.44. The zero-order valence-corrected chi connectivity index (χ0v) is 13.0. The van der Waals surface area contributed by atoms with Crippen LogP contribution < -0.4 is 10.5 Å². The number of hydrogen-bond acceptors (Lipinski definition) is 2. The van der Waals surface area contributed by atoms with E-state index in [0.717, 1.165) is 31.2 Å². The van der Waals surface area contributed by atoms with Crippen molar-refractivity contribution < 1.29 is 4.74 Å². The molecule has 1 saturated carbocycles. The van der Waals surface area contributed by atoms with Crippen LogP contribution >= 0.6 is 0 Å². The maximum absolute atomic E-state index is 5.99. The molecule has 2 heteroatoms. The van der Waals surface area contributed by atoms with E-state index in [2.05, 4.69) is 38.1 Å². The minimum absolute atomic E-state index is 0.638. The largest absolute Gasteiger partial charge is 0.494 e. The number of ether oxygens (including phenoxy) is 1. The van der Waals surface area contributed by atoms with Crippen molar-refractivity contribution in [2.75, 3.05) is 13.2 Å². The quantitative estimate of drug-likeness (QED) is 0.838. The fraction of sp³-hybridized carbons (Fsp3) is 0.667. The zero-order chi connectivity index (χ0) is 14.4. The average molecular weight is 275 g/mol. The van der Waals surface area contributed by atoms with Gasteiger partial charge in [0, 0.05) is 0 Å². The average Bonchev–Trinajstić information content (AvgIpc) is 2.52. The molecule has 1 aliphatic carbocycles. The van der Waals surface area contributed by atoms with E-state index in [0.29, 0.717) is 11.8 Å². The second-order valence-corrected chi connectivity index (χ2v) is 6.11. The van der Waals surface area contributed by atoms with Gasteiger partial charge in [0.25, 0.3) is 0 Å². The fourth-order valence-electron chi connectivity index (χ4n) is 3.41. The summed E-state index contributed by atoms with van der Waals surface area (Å²) in [6.07, 6.45) is 6.29. The summed E-state index contributed by atoms with van der Waals surface area (Å²) in [5, 5.41) is 0. The van der Waals surface area contributed by atoms with E-state index in [1.165, 1.54) is 31.2 Å². The van der Waals surface area contributed by atoms with Gasteiger partial charge in [-0.3, -0.25) is 0 Å². The van der Waals surface area contributed by atoms with Gasteiger partial charge in [0.1, 0.15) is 5.75 Å². The summed E-state index contributed by atoms with van der Waals surface area (Å²) in [4.78, 5) is 0. The summed E-state index contributed by atoms with van der Waals surface area (Å²) in [6.45, 7) is 6.06. The van der Waals surface area contributed by atoms with Crippen LogP contribution in [-0.4, -0.2) is 13.2 Å². The molecule has 3 atom stereocenters. The Balaban J connectivity index is 2.06. The molecule has 112 valence electrons. The molecule has 1 aliphatic rings. The smallest absolute Gasteiger partial charge is 0.119 e. The Morgan fingerprint density at radius 3 is 2.50 bits per heavy atom. The van der Waals surface area contributed by atoms with Crippen LogP contribution in [0.3, 0.4) is 0 Å². The van der Waals surface area contributed by atoms with Gasteiger partial charge in [-0.1, -0.05) is 38.8 Å². The Hall–Kier alpha value is -1.02. The first-order valence-corrected chi connectivity index (χ1v) is 8.21. The second-order valence-electron chi connectivity index (χ2n) is 6.11. The SMILES string of the molecule is CCCOc1ccc(C2CC(CC)CCC2CN)cc1. The van der Waals surface area contributed by atoms with Crippen LogP contribution in [0.4, 0.5) is 0 Å². The summed E-state index contributed by atoms with van der Waals surface area (Å²) < 4.78 is 5.67. The number of benzene rings is 1. The minimum Gasteiger partial charge on any atom is -0.494 e. The van der Waals surface area contributed by atoms with Crippen molar-refractivity contribution in [1.29, 1.82) is 0 Å². The van der Waals surface area contributed by atoms with Crippen LogP contribution in [0.1, 0.15) is 57.4 Å². The number of hydrogen-bond donors (Lipinski definition) is 1. The Morgan fingerprint density at radius 2 is 1.90 bits per heavy atom. The van der Waals surface area contributed by atoms with Crippen molar-refractivity contribution in [3.05, 3.63) is 29.8 Å². The second kappa shape index (κ2) is 7.68. The number of nitrogens with two attached hydrogens (primary N) is 1. The molecule has 20 heavy (non-hydrogen) atoms. The van der Waals surface area contributed by atoms with Gasteiger partial charge in [0.2, 0.25) is 0 Å². The molecule has 1 aromatic rings. The van der Waals surface area contributed by atoms with Gasteiger partial charge in [-0.2, -0.15) is 0 Å². The van der Waals surface area contributed by atoms with E-state index >= 15 is 0 Å². The van der Waals surface area contributed by atoms with Gasteiger partial charge in [-0.25, -0.2) is 0 Å². The molecule has 0 radical (unpaired) electrons. The van der Waals surface area contributed by atoms with Crippen molar-refractivity contribution in [3.63, 3.8) is 0 Å². The first-order chi connectivity index (χ1) is 9.78. The maximum Gasteiger partial charge on any atom is 0.119 e. The topological polar surface area (TPSA) is 35.2 Å². The third-order valence-electron chi connectivity index (χ3n) is 4.76. The number of rotatable bonds is 6. The van der Waals surface area contributed by atoms with E-state index in [1.807, 2.05) is 0 Å². The zero-order valence-electron chi connectivity index (χ0n) is 13.0. The van der Waals surface area contributed by atoms with Crippen molar-refractivity contribution in [1.82, 2.24) is 0 Å². The van der Waals surface area contributed by atoms with Crippen molar-refractivity contribution in [3.8, 4) is 5.75 Å². The molecular weight excluding hydrogens is 246 g/mol. The molecule has 0 spiro atoms. The van der Waals surface area contributed by atoms with Crippen LogP contribution in [0.15, 0.2) is 24.3 Å². The highest BCUT2D eigenvalue weighted by Crippen LogP contribution is 2.41. The molecule has 0 aliphatic heterocycles. The van der Waals surface area contributed by atoms with Crippen LogP contribution in [-0.2, 0) is 0 Å². The lowest BCUT2D eigenvalue weighted by molar-refractivity contribution is 0.236. The molecule has 3 unspecified atom stereocenters. The third kappa shape index (κ3) is 3.76. The molecule has 2 rings (SSSR count). The predicted octanol–water partition coefficient (Wildman–Crippen LogP) is 4.34. The van der Waals surface area contributed by atoms with Gasteiger partial charge in [-0.15, -0.1) is 0 Å². The summed E-state index contributed by atoms with van der Waals surface area (Å²) in [6, 6.07) is 8.73. The van der Waals surface area contributed by atoms with E-state index in [-0.39, 0.29) is 0 Å². The van der Waals surface area contributed by atoms with Crippen molar-refractivity contribution in [2.24, 2.45) is 17.6 Å². The van der Waals surface area contributed by atoms with Gasteiger partial charge in [0.05, 0.1) is 6.61 Å². The highest BCUT2D eigenvalue weighted by Gasteiger charge is 2.29. The van der Waals surface area contributed by atoms with E-state index < -0.39 is 0 Å². The van der Waals surface area contributed by atoms with Crippen LogP contribution in [0, 0.1) is 11.8 Å². The fourth-order valence-corrected chi connectivity index (χ4v) is 3.41. The van der Waals surface area contributed by atoms with E-state index in [9.17, 15) is 0 Å². The maximum atomic E-state index is 5.99. The Morgan fingerprint density at radius 1 is 1.15 bits per heavy atom. The van der Waals surface area contributed by atoms with Crippen LogP contribution in [0.5, 0.6) is 5.75 Å². The van der Waals surface area contributed by atoms with Crippen LogP contribution in [0.25, 0.3) is 0 Å². The van der Waals surface area contributed by atoms with Gasteiger partial charge < -0.3 is 10.5 Å². The molecule has 0 bridgehead atoms. The van der Waals surface area contributed by atoms with Crippen molar-refractivity contribution >= 4 is 0 Å². The lowest BCUT2D eigenvalue weighted by Gasteiger charge is -2.35. The lowest BCUT2D eigenvalue weighted by Crippen LogP contribution is -2.28. The Bertz CT molecular complexity index is 387. The monoisotopic (exact) mass is 275 g/mol. The molecule has 0 heterocycles. The van der Waals surface area contributed by atoms with E-state index in [1.54, 1.807) is 0 Å². The molecular formula is C18H29NO. The molecule has 0 aromatic heterocycles. The third-order valence-corrected chi connectivity index (χ3v) is 4.76. The molecule has 0 saturated heterocycles. The molecule has 2 N–H and O–H groups in total.